The lowest BCUT2D eigenvalue weighted by Crippen LogP contribution is -2.44. The summed E-state index contributed by atoms with van der Waals surface area (Å²) in [6.45, 7) is 8.95. The number of guanidine groups is 1. The lowest BCUT2D eigenvalue weighted by Gasteiger charge is -2.29. The molecule has 0 unspecified atom stereocenters. The average Bonchev–Trinajstić information content (AvgIpc) is 2.44. The van der Waals surface area contributed by atoms with Crippen LogP contribution in [0.2, 0.25) is 0 Å². The van der Waals surface area contributed by atoms with Gasteiger partial charge in [-0.3, -0.25) is 4.99 Å². The number of aliphatic imine (C=N–C) groups is 1. The molecule has 1 saturated heterocycles. The minimum atomic E-state index is 0.242. The molecule has 1 aliphatic rings. The van der Waals surface area contributed by atoms with Gasteiger partial charge in [0.05, 0.1) is 0 Å². The van der Waals surface area contributed by atoms with E-state index < -0.39 is 0 Å². The number of hydrogen-bond acceptors (Lipinski definition) is 3. The summed E-state index contributed by atoms with van der Waals surface area (Å²) in [5, 5.41) is 6.86. The minimum Gasteiger partial charge on any atom is -0.356 e. The largest absolute Gasteiger partial charge is 0.356 e. The molecule has 4 nitrogen and oxygen atoms in total. The summed E-state index contributed by atoms with van der Waals surface area (Å²) in [7, 11) is 4.06. The second-order valence-electron chi connectivity index (χ2n) is 6.35. The van der Waals surface area contributed by atoms with Gasteiger partial charge in [0, 0.05) is 24.9 Å². The highest BCUT2D eigenvalue weighted by Crippen LogP contribution is 2.20. The third-order valence-electron chi connectivity index (χ3n) is 4.14. The summed E-state index contributed by atoms with van der Waals surface area (Å²) < 4.78 is 0.242. The molecule has 20 heavy (non-hydrogen) atoms. The predicted octanol–water partition coefficient (Wildman–Crippen LogP) is 2.02. The average molecular weight is 301 g/mol. The number of nitrogens with one attached hydrogen (secondary N) is 2. The number of likely N-dealkylation sites (tertiary alicyclic amines) is 1. The monoisotopic (exact) mass is 300 g/mol. The van der Waals surface area contributed by atoms with Crippen LogP contribution in [-0.2, 0) is 0 Å². The summed E-state index contributed by atoms with van der Waals surface area (Å²) >= 11 is 1.88. The van der Waals surface area contributed by atoms with E-state index in [-0.39, 0.29) is 4.75 Å². The lowest BCUT2D eigenvalue weighted by molar-refractivity contribution is 0.213. The fraction of sp³-hybridized carbons (Fsp3) is 0.933. The van der Waals surface area contributed by atoms with Crippen LogP contribution in [0.15, 0.2) is 4.99 Å². The van der Waals surface area contributed by atoms with Crippen LogP contribution < -0.4 is 10.6 Å². The van der Waals surface area contributed by atoms with Gasteiger partial charge in [-0.1, -0.05) is 0 Å². The molecule has 0 spiro atoms. The molecule has 1 heterocycles. The van der Waals surface area contributed by atoms with Crippen LogP contribution in [0.1, 0.15) is 33.1 Å². The van der Waals surface area contributed by atoms with Gasteiger partial charge in [0.2, 0.25) is 0 Å². The van der Waals surface area contributed by atoms with Crippen LogP contribution in [0.25, 0.3) is 0 Å². The first-order valence-corrected chi connectivity index (χ1v) is 8.87. The molecule has 0 bridgehead atoms. The Bertz CT molecular complexity index is 296. The van der Waals surface area contributed by atoms with Crippen LogP contribution in [0.4, 0.5) is 0 Å². The molecular weight excluding hydrogens is 268 g/mol. The third kappa shape index (κ3) is 6.84. The molecule has 0 aromatic carbocycles. The zero-order valence-electron chi connectivity index (χ0n) is 13.8. The number of rotatable bonds is 6. The fourth-order valence-electron chi connectivity index (χ4n) is 2.33. The van der Waals surface area contributed by atoms with Gasteiger partial charge in [-0.2, -0.15) is 11.8 Å². The number of hydrogen-bond donors (Lipinski definition) is 2. The van der Waals surface area contributed by atoms with Crippen LogP contribution in [-0.4, -0.2) is 62.1 Å². The molecule has 1 rings (SSSR count). The molecule has 0 aliphatic carbocycles. The van der Waals surface area contributed by atoms with Crippen molar-refractivity contribution < 1.29 is 0 Å². The molecule has 118 valence electrons. The molecule has 0 saturated carbocycles. The quantitative estimate of drug-likeness (QED) is 0.581. The molecule has 0 aromatic rings. The van der Waals surface area contributed by atoms with E-state index in [9.17, 15) is 0 Å². The van der Waals surface area contributed by atoms with E-state index in [2.05, 4.69) is 47.7 Å². The standard InChI is InChI=1S/C15H32N4S/c1-15(2,20-5)12-18-14(16-3)17-9-6-13-7-10-19(4)11-8-13/h13H,6-12H2,1-5H3,(H2,16,17,18). The number of thioether (sulfide) groups is 1. The van der Waals surface area contributed by atoms with E-state index >= 15 is 0 Å². The highest BCUT2D eigenvalue weighted by Gasteiger charge is 2.17. The van der Waals surface area contributed by atoms with Gasteiger partial charge in [-0.25, -0.2) is 0 Å². The van der Waals surface area contributed by atoms with E-state index in [4.69, 9.17) is 0 Å². The van der Waals surface area contributed by atoms with Crippen LogP contribution in [0.5, 0.6) is 0 Å². The van der Waals surface area contributed by atoms with Crippen molar-refractivity contribution in [1.29, 1.82) is 0 Å². The molecule has 2 N–H and O–H groups in total. The summed E-state index contributed by atoms with van der Waals surface area (Å²) in [6, 6.07) is 0. The Morgan fingerprint density at radius 1 is 1.30 bits per heavy atom. The number of piperidine rings is 1. The summed E-state index contributed by atoms with van der Waals surface area (Å²) in [5.74, 6) is 1.81. The van der Waals surface area contributed by atoms with Crippen LogP contribution in [0.3, 0.4) is 0 Å². The molecule has 0 amide bonds. The van der Waals surface area contributed by atoms with E-state index in [1.807, 2.05) is 18.8 Å². The van der Waals surface area contributed by atoms with Crippen LogP contribution >= 0.6 is 11.8 Å². The first-order chi connectivity index (χ1) is 9.46. The maximum Gasteiger partial charge on any atom is 0.191 e. The van der Waals surface area contributed by atoms with Crippen molar-refractivity contribution in [3.63, 3.8) is 0 Å². The van der Waals surface area contributed by atoms with Gasteiger partial charge in [0.15, 0.2) is 5.96 Å². The fourth-order valence-corrected chi connectivity index (χ4v) is 2.55. The van der Waals surface area contributed by atoms with Crippen molar-refractivity contribution in [2.45, 2.75) is 37.9 Å². The molecule has 1 aliphatic heterocycles. The molecule has 0 radical (unpaired) electrons. The van der Waals surface area contributed by atoms with Crippen molar-refractivity contribution >= 4 is 17.7 Å². The van der Waals surface area contributed by atoms with Gasteiger partial charge in [-0.05, 0) is 65.4 Å². The van der Waals surface area contributed by atoms with Gasteiger partial charge >= 0.3 is 0 Å². The van der Waals surface area contributed by atoms with Crippen molar-refractivity contribution in [2.75, 3.05) is 46.5 Å². The van der Waals surface area contributed by atoms with E-state index in [0.717, 1.165) is 25.0 Å². The van der Waals surface area contributed by atoms with Crippen molar-refractivity contribution in [1.82, 2.24) is 15.5 Å². The first-order valence-electron chi connectivity index (χ1n) is 7.65. The summed E-state index contributed by atoms with van der Waals surface area (Å²) in [4.78, 5) is 6.72. The second kappa shape index (κ2) is 8.78. The van der Waals surface area contributed by atoms with Crippen molar-refractivity contribution in [2.24, 2.45) is 10.9 Å². The van der Waals surface area contributed by atoms with Crippen molar-refractivity contribution in [3.05, 3.63) is 0 Å². The topological polar surface area (TPSA) is 39.7 Å². The molecule has 0 aromatic heterocycles. The molecule has 5 heteroatoms. The lowest BCUT2D eigenvalue weighted by atomic mass is 9.94. The van der Waals surface area contributed by atoms with Crippen molar-refractivity contribution in [3.8, 4) is 0 Å². The smallest absolute Gasteiger partial charge is 0.191 e. The zero-order valence-corrected chi connectivity index (χ0v) is 14.6. The Kier molecular flexibility index (Phi) is 7.74. The van der Waals surface area contributed by atoms with Gasteiger partial charge in [0.25, 0.3) is 0 Å². The van der Waals surface area contributed by atoms with E-state index in [0.29, 0.717) is 0 Å². The molecule has 0 atom stereocenters. The zero-order chi connectivity index (χ0) is 15.0. The summed E-state index contributed by atoms with van der Waals surface area (Å²) in [5.41, 5.74) is 0. The van der Waals surface area contributed by atoms with Gasteiger partial charge in [-0.15, -0.1) is 0 Å². The van der Waals surface area contributed by atoms with E-state index in [1.165, 1.54) is 32.4 Å². The predicted molar refractivity (Wildman–Crippen MR) is 91.8 cm³/mol. The number of nitrogens with zero attached hydrogens (tertiary/aromatic N) is 2. The van der Waals surface area contributed by atoms with Gasteiger partial charge < -0.3 is 15.5 Å². The van der Waals surface area contributed by atoms with E-state index in [1.54, 1.807) is 0 Å². The third-order valence-corrected chi connectivity index (χ3v) is 5.39. The Labute approximate surface area is 129 Å². The SMILES string of the molecule is CN=C(NCCC1CCN(C)CC1)NCC(C)(C)SC. The normalized spacial score (nSPS) is 19.1. The Hall–Kier alpha value is -0.420. The highest BCUT2D eigenvalue weighted by atomic mass is 32.2. The Morgan fingerprint density at radius 3 is 2.50 bits per heavy atom. The second-order valence-corrected chi connectivity index (χ2v) is 7.87. The minimum absolute atomic E-state index is 0.242. The Balaban J connectivity index is 2.18. The summed E-state index contributed by atoms with van der Waals surface area (Å²) in [6.07, 6.45) is 6.08. The maximum absolute atomic E-state index is 4.30. The van der Waals surface area contributed by atoms with Gasteiger partial charge in [0.1, 0.15) is 0 Å². The Morgan fingerprint density at radius 2 is 1.95 bits per heavy atom. The molecule has 1 fully saturated rings. The maximum atomic E-state index is 4.30. The highest BCUT2D eigenvalue weighted by molar-refractivity contribution is 7.99. The van der Waals surface area contributed by atoms with Crippen LogP contribution in [0, 0.1) is 5.92 Å². The molecular formula is C15H32N4S. The first kappa shape index (κ1) is 17.6.